The number of nitrogens with two attached hydrogens (primary N) is 1. The summed E-state index contributed by atoms with van der Waals surface area (Å²) < 4.78 is 20.6. The van der Waals surface area contributed by atoms with Gasteiger partial charge in [0.25, 0.3) is 5.56 Å². The van der Waals surface area contributed by atoms with E-state index in [4.69, 9.17) is 24.9 Å². The second-order valence-electron chi connectivity index (χ2n) is 11.1. The minimum Gasteiger partial charge on any atom is -0.497 e. The van der Waals surface area contributed by atoms with Gasteiger partial charge in [-0.25, -0.2) is 4.98 Å². The van der Waals surface area contributed by atoms with E-state index < -0.39 is 17.1 Å². The SMILES string of the molecule is COc1ccc2c(c1)nc(-c1cn(CCCN)c3ccc(OCc4ccccc4)cc13)c(=O)n2CC(=O)OC(C)(C)C. The Morgan fingerprint density at radius 3 is 2.43 bits per heavy atom. The predicted molar refractivity (Wildman–Crippen MR) is 164 cm³/mol. The number of fused-ring (bicyclic) bond motifs is 2. The average Bonchev–Trinajstić information content (AvgIpc) is 3.33. The van der Waals surface area contributed by atoms with Crippen molar-refractivity contribution in [1.29, 1.82) is 0 Å². The van der Waals surface area contributed by atoms with Crippen molar-refractivity contribution in [2.45, 2.75) is 52.5 Å². The van der Waals surface area contributed by atoms with Crippen LogP contribution >= 0.6 is 0 Å². The van der Waals surface area contributed by atoms with Crippen molar-refractivity contribution in [1.82, 2.24) is 14.1 Å². The lowest BCUT2D eigenvalue weighted by atomic mass is 10.1. The molecule has 0 fully saturated rings. The number of hydrogen-bond acceptors (Lipinski definition) is 7. The van der Waals surface area contributed by atoms with Crippen LogP contribution in [0.1, 0.15) is 32.8 Å². The number of nitrogens with zero attached hydrogens (tertiary/aromatic N) is 3. The number of rotatable bonds is 10. The number of carbonyl (C=O) groups is 1. The van der Waals surface area contributed by atoms with Gasteiger partial charge in [0.2, 0.25) is 0 Å². The van der Waals surface area contributed by atoms with E-state index in [0.29, 0.717) is 47.8 Å². The molecule has 2 heterocycles. The van der Waals surface area contributed by atoms with Crippen molar-refractivity contribution in [2.24, 2.45) is 5.73 Å². The van der Waals surface area contributed by atoms with Crippen LogP contribution in [0, 0.1) is 0 Å². The van der Waals surface area contributed by atoms with Crippen molar-refractivity contribution < 1.29 is 19.0 Å². The van der Waals surface area contributed by atoms with Gasteiger partial charge in [-0.1, -0.05) is 30.3 Å². The molecule has 0 unspecified atom stereocenters. The van der Waals surface area contributed by atoms with E-state index >= 15 is 0 Å². The second kappa shape index (κ2) is 12.1. The number of ether oxygens (including phenoxy) is 3. The Hall–Kier alpha value is -4.63. The van der Waals surface area contributed by atoms with Crippen molar-refractivity contribution in [3.63, 3.8) is 0 Å². The van der Waals surface area contributed by atoms with Crippen LogP contribution in [0.15, 0.2) is 77.7 Å². The Balaban J connectivity index is 1.66. The molecule has 2 aromatic heterocycles. The third kappa shape index (κ3) is 6.31. The fourth-order valence-electron chi connectivity index (χ4n) is 4.93. The van der Waals surface area contributed by atoms with E-state index in [1.165, 1.54) is 4.57 Å². The molecule has 0 saturated carbocycles. The highest BCUT2D eigenvalue weighted by molar-refractivity contribution is 5.97. The summed E-state index contributed by atoms with van der Waals surface area (Å²) in [5, 5.41) is 0.813. The Bertz CT molecular complexity index is 1780. The summed E-state index contributed by atoms with van der Waals surface area (Å²) in [7, 11) is 1.57. The van der Waals surface area contributed by atoms with Crippen LogP contribution in [0.5, 0.6) is 11.5 Å². The van der Waals surface area contributed by atoms with Gasteiger partial charge < -0.3 is 24.5 Å². The molecule has 0 bridgehead atoms. The zero-order chi connectivity index (χ0) is 29.9. The summed E-state index contributed by atoms with van der Waals surface area (Å²) in [4.78, 5) is 31.8. The smallest absolute Gasteiger partial charge is 0.326 e. The van der Waals surface area contributed by atoms with Gasteiger partial charge in [0, 0.05) is 35.3 Å². The van der Waals surface area contributed by atoms with Crippen LogP contribution in [-0.4, -0.2) is 39.3 Å². The van der Waals surface area contributed by atoms with Crippen LogP contribution in [0.3, 0.4) is 0 Å². The second-order valence-corrected chi connectivity index (χ2v) is 11.1. The average molecular weight is 569 g/mol. The Labute approximate surface area is 244 Å². The molecule has 9 nitrogen and oxygen atoms in total. The predicted octanol–water partition coefficient (Wildman–Crippen LogP) is 5.30. The number of aromatic nitrogens is 3. The van der Waals surface area contributed by atoms with Crippen molar-refractivity contribution >= 4 is 27.9 Å². The highest BCUT2D eigenvalue weighted by Crippen LogP contribution is 2.33. The van der Waals surface area contributed by atoms with Crippen molar-refractivity contribution in [3.8, 4) is 22.8 Å². The van der Waals surface area contributed by atoms with Crippen LogP contribution in [0.4, 0.5) is 0 Å². The van der Waals surface area contributed by atoms with Gasteiger partial charge in [-0.15, -0.1) is 0 Å². The van der Waals surface area contributed by atoms with Crippen LogP contribution < -0.4 is 20.8 Å². The molecule has 0 amide bonds. The molecule has 3 aromatic carbocycles. The summed E-state index contributed by atoms with van der Waals surface area (Å²) in [6.45, 7) is 6.74. The van der Waals surface area contributed by atoms with Gasteiger partial charge in [-0.05, 0) is 69.6 Å². The van der Waals surface area contributed by atoms with Gasteiger partial charge in [-0.3, -0.25) is 14.2 Å². The fraction of sp³-hybridized carbons (Fsp3) is 0.303. The van der Waals surface area contributed by atoms with Crippen molar-refractivity contribution in [2.75, 3.05) is 13.7 Å². The number of methoxy groups -OCH3 is 1. The van der Waals surface area contributed by atoms with E-state index in [2.05, 4.69) is 4.57 Å². The van der Waals surface area contributed by atoms with E-state index in [1.54, 1.807) is 46.1 Å². The molecule has 2 N–H and O–H groups in total. The molecule has 218 valence electrons. The number of benzene rings is 3. The third-order valence-electron chi connectivity index (χ3n) is 6.82. The lowest BCUT2D eigenvalue weighted by Crippen LogP contribution is -2.31. The van der Waals surface area contributed by atoms with Gasteiger partial charge >= 0.3 is 5.97 Å². The lowest BCUT2D eigenvalue weighted by molar-refractivity contribution is -0.155. The van der Waals surface area contributed by atoms with Gasteiger partial charge in [0.1, 0.15) is 35.9 Å². The maximum absolute atomic E-state index is 14.1. The molecule has 0 radical (unpaired) electrons. The largest absolute Gasteiger partial charge is 0.497 e. The van der Waals surface area contributed by atoms with Crippen molar-refractivity contribution in [3.05, 3.63) is 88.8 Å². The third-order valence-corrected chi connectivity index (χ3v) is 6.82. The molecule has 0 aliphatic carbocycles. The summed E-state index contributed by atoms with van der Waals surface area (Å²) in [5.74, 6) is 0.743. The van der Waals surface area contributed by atoms with Crippen LogP contribution in [0.25, 0.3) is 33.2 Å². The molecule has 0 aliphatic rings. The maximum atomic E-state index is 14.1. The molecular formula is C33H36N4O5. The monoisotopic (exact) mass is 568 g/mol. The molecule has 0 aliphatic heterocycles. The minimum atomic E-state index is -0.692. The molecule has 0 spiro atoms. The maximum Gasteiger partial charge on any atom is 0.326 e. The Morgan fingerprint density at radius 2 is 1.71 bits per heavy atom. The van der Waals surface area contributed by atoms with Crippen LogP contribution in [0.2, 0.25) is 0 Å². The minimum absolute atomic E-state index is 0.219. The number of carbonyl (C=O) groups excluding carboxylic acids is 1. The van der Waals surface area contributed by atoms with E-state index in [-0.39, 0.29) is 12.2 Å². The fourth-order valence-corrected chi connectivity index (χ4v) is 4.93. The summed E-state index contributed by atoms with van der Waals surface area (Å²) >= 11 is 0. The highest BCUT2D eigenvalue weighted by Gasteiger charge is 2.22. The Kier molecular flexibility index (Phi) is 8.31. The molecule has 5 aromatic rings. The summed E-state index contributed by atoms with van der Waals surface area (Å²) in [6, 6.07) is 21.0. The van der Waals surface area contributed by atoms with E-state index in [9.17, 15) is 9.59 Å². The first-order chi connectivity index (χ1) is 20.2. The zero-order valence-corrected chi connectivity index (χ0v) is 24.4. The van der Waals surface area contributed by atoms with Gasteiger partial charge in [-0.2, -0.15) is 0 Å². The molecule has 5 rings (SSSR count). The van der Waals surface area contributed by atoms with E-state index in [0.717, 1.165) is 22.9 Å². The normalized spacial score (nSPS) is 11.6. The first-order valence-corrected chi connectivity index (χ1v) is 14.0. The van der Waals surface area contributed by atoms with E-state index in [1.807, 2.05) is 54.7 Å². The molecule has 0 saturated heterocycles. The standard InChI is InChI=1S/C33H36N4O5/c1-33(2,3)42-30(38)20-37-29-14-11-23(40-4)18-27(29)35-31(32(37)39)26-19-36(16-8-15-34)28-13-12-24(17-25(26)28)41-21-22-9-6-5-7-10-22/h5-7,9-14,17-19H,8,15-16,20-21,34H2,1-4H3. The number of esters is 1. The summed E-state index contributed by atoms with van der Waals surface area (Å²) in [6.07, 6.45) is 2.69. The summed E-state index contributed by atoms with van der Waals surface area (Å²) in [5.41, 5.74) is 8.60. The number of hydrogen-bond donors (Lipinski definition) is 1. The number of aryl methyl sites for hydroxylation is 1. The first-order valence-electron chi connectivity index (χ1n) is 14.0. The first kappa shape index (κ1) is 28.9. The molecule has 0 atom stereocenters. The Morgan fingerprint density at radius 1 is 0.976 bits per heavy atom. The zero-order valence-electron chi connectivity index (χ0n) is 24.4. The molecular weight excluding hydrogens is 532 g/mol. The topological polar surface area (TPSA) is 111 Å². The van der Waals surface area contributed by atoms with Gasteiger partial charge in [0.15, 0.2) is 0 Å². The van der Waals surface area contributed by atoms with Gasteiger partial charge in [0.05, 0.1) is 18.1 Å². The quantitative estimate of drug-likeness (QED) is 0.228. The molecule has 9 heteroatoms. The molecule has 42 heavy (non-hydrogen) atoms. The van der Waals surface area contributed by atoms with Crippen LogP contribution in [-0.2, 0) is 29.2 Å². The highest BCUT2D eigenvalue weighted by atomic mass is 16.6. The lowest BCUT2D eigenvalue weighted by Gasteiger charge is -2.20.